The predicted molar refractivity (Wildman–Crippen MR) is 68.2 cm³/mol. The fourth-order valence-electron chi connectivity index (χ4n) is 1.66. The molecule has 0 amide bonds. The molecule has 0 spiro atoms. The number of benzene rings is 1. The van der Waals surface area contributed by atoms with Gasteiger partial charge in [-0.05, 0) is 30.7 Å². The molecule has 94 valence electrons. The fraction of sp³-hybridized carbons (Fsp3) is 0.250. The standard InChI is InChI=1S/C12H11ClN2O3/c1-7(16)6-15-11(17)9-4-3-8(18-2)5-10(9)14-12(15)13/h3-5H,6H2,1-2H3. The number of carbonyl (C=O) groups is 1. The minimum atomic E-state index is -0.331. The number of hydrogen-bond donors (Lipinski definition) is 0. The minimum absolute atomic E-state index is 0.00375. The predicted octanol–water partition coefficient (Wildman–Crippen LogP) is 1.65. The van der Waals surface area contributed by atoms with Crippen molar-refractivity contribution in [2.75, 3.05) is 7.11 Å². The van der Waals surface area contributed by atoms with Crippen LogP contribution in [0, 0.1) is 0 Å². The lowest BCUT2D eigenvalue weighted by atomic mass is 10.2. The lowest BCUT2D eigenvalue weighted by Crippen LogP contribution is -2.25. The molecule has 0 aliphatic rings. The Labute approximate surface area is 108 Å². The fourth-order valence-corrected chi connectivity index (χ4v) is 1.89. The minimum Gasteiger partial charge on any atom is -0.497 e. The number of Topliss-reactive ketones (excluding diaryl/α,β-unsaturated/α-hetero) is 1. The molecule has 0 N–H and O–H groups in total. The lowest BCUT2D eigenvalue weighted by Gasteiger charge is -2.08. The van der Waals surface area contributed by atoms with Gasteiger partial charge < -0.3 is 4.74 Å². The molecule has 0 radical (unpaired) electrons. The molecular weight excluding hydrogens is 256 g/mol. The molecule has 2 rings (SSSR count). The van der Waals surface area contributed by atoms with E-state index in [9.17, 15) is 9.59 Å². The van der Waals surface area contributed by atoms with Crippen molar-refractivity contribution in [1.82, 2.24) is 9.55 Å². The van der Waals surface area contributed by atoms with Crippen LogP contribution in [0.25, 0.3) is 10.9 Å². The molecule has 0 saturated heterocycles. The van der Waals surface area contributed by atoms with E-state index in [0.717, 1.165) is 4.57 Å². The summed E-state index contributed by atoms with van der Waals surface area (Å²) >= 11 is 5.91. The van der Waals surface area contributed by atoms with E-state index < -0.39 is 0 Å². The quantitative estimate of drug-likeness (QED) is 0.793. The van der Waals surface area contributed by atoms with E-state index in [0.29, 0.717) is 16.7 Å². The molecule has 0 unspecified atom stereocenters. The number of methoxy groups -OCH3 is 1. The molecule has 0 bridgehead atoms. The molecule has 0 aliphatic carbocycles. The zero-order valence-electron chi connectivity index (χ0n) is 9.94. The largest absolute Gasteiger partial charge is 0.497 e. The number of aromatic nitrogens is 2. The van der Waals surface area contributed by atoms with Crippen LogP contribution in [0.5, 0.6) is 5.75 Å². The van der Waals surface area contributed by atoms with Gasteiger partial charge in [-0.2, -0.15) is 0 Å². The first kappa shape index (κ1) is 12.6. The van der Waals surface area contributed by atoms with E-state index in [2.05, 4.69) is 4.98 Å². The van der Waals surface area contributed by atoms with Gasteiger partial charge in [-0.3, -0.25) is 14.2 Å². The number of ether oxygens (including phenoxy) is 1. The summed E-state index contributed by atoms with van der Waals surface area (Å²) in [6, 6.07) is 4.90. The molecule has 1 aromatic carbocycles. The number of halogens is 1. The highest BCUT2D eigenvalue weighted by molar-refractivity contribution is 6.28. The van der Waals surface area contributed by atoms with Crippen LogP contribution in [0.2, 0.25) is 5.28 Å². The first-order chi connectivity index (χ1) is 8.52. The molecule has 18 heavy (non-hydrogen) atoms. The highest BCUT2D eigenvalue weighted by atomic mass is 35.5. The van der Waals surface area contributed by atoms with Gasteiger partial charge in [0.05, 0.1) is 24.6 Å². The summed E-state index contributed by atoms with van der Waals surface area (Å²) < 4.78 is 6.20. The maximum atomic E-state index is 12.1. The van der Waals surface area contributed by atoms with Gasteiger partial charge in [-0.25, -0.2) is 4.98 Å². The Hall–Kier alpha value is -1.88. The van der Waals surface area contributed by atoms with Gasteiger partial charge in [0.15, 0.2) is 0 Å². The van der Waals surface area contributed by atoms with E-state index in [1.54, 1.807) is 18.2 Å². The zero-order valence-corrected chi connectivity index (χ0v) is 10.7. The molecular formula is C12H11ClN2O3. The van der Waals surface area contributed by atoms with E-state index in [1.165, 1.54) is 14.0 Å². The first-order valence-corrected chi connectivity index (χ1v) is 5.64. The van der Waals surface area contributed by atoms with E-state index in [4.69, 9.17) is 16.3 Å². The summed E-state index contributed by atoms with van der Waals surface area (Å²) in [4.78, 5) is 27.3. The van der Waals surface area contributed by atoms with Gasteiger partial charge in [-0.15, -0.1) is 0 Å². The van der Waals surface area contributed by atoms with Crippen molar-refractivity contribution in [2.24, 2.45) is 0 Å². The van der Waals surface area contributed by atoms with Gasteiger partial charge in [0.2, 0.25) is 5.28 Å². The molecule has 0 atom stereocenters. The number of ketones is 1. The highest BCUT2D eigenvalue weighted by Gasteiger charge is 2.11. The molecule has 0 aliphatic heterocycles. The second kappa shape index (κ2) is 4.78. The molecule has 1 heterocycles. The van der Waals surface area contributed by atoms with E-state index in [-0.39, 0.29) is 23.2 Å². The van der Waals surface area contributed by atoms with Gasteiger partial charge in [0.1, 0.15) is 11.5 Å². The normalized spacial score (nSPS) is 10.6. The van der Waals surface area contributed by atoms with Crippen LogP contribution < -0.4 is 10.3 Å². The Bertz CT molecular complexity index is 679. The molecule has 5 nitrogen and oxygen atoms in total. The Morgan fingerprint density at radius 3 is 2.83 bits per heavy atom. The van der Waals surface area contributed by atoms with Crippen molar-refractivity contribution in [2.45, 2.75) is 13.5 Å². The van der Waals surface area contributed by atoms with Crippen molar-refractivity contribution < 1.29 is 9.53 Å². The average Bonchev–Trinajstić information content (AvgIpc) is 2.33. The average molecular weight is 267 g/mol. The third kappa shape index (κ3) is 2.22. The topological polar surface area (TPSA) is 61.2 Å². The number of fused-ring (bicyclic) bond motifs is 1. The second-order valence-corrected chi connectivity index (χ2v) is 4.20. The van der Waals surface area contributed by atoms with Crippen molar-refractivity contribution in [3.63, 3.8) is 0 Å². The molecule has 1 aromatic heterocycles. The molecule has 6 heteroatoms. The lowest BCUT2D eigenvalue weighted by molar-refractivity contribution is -0.117. The molecule has 0 fully saturated rings. The third-order valence-electron chi connectivity index (χ3n) is 2.50. The van der Waals surface area contributed by atoms with Crippen LogP contribution in [0.15, 0.2) is 23.0 Å². The maximum absolute atomic E-state index is 12.1. The van der Waals surface area contributed by atoms with Crippen LogP contribution >= 0.6 is 11.6 Å². The van der Waals surface area contributed by atoms with Crippen molar-refractivity contribution in [3.05, 3.63) is 33.8 Å². The smallest absolute Gasteiger partial charge is 0.262 e. The second-order valence-electron chi connectivity index (χ2n) is 3.86. The van der Waals surface area contributed by atoms with Crippen LogP contribution in [0.1, 0.15) is 6.92 Å². The Morgan fingerprint density at radius 2 is 2.22 bits per heavy atom. The number of carbonyl (C=O) groups excluding carboxylic acids is 1. The van der Waals surface area contributed by atoms with Gasteiger partial charge >= 0.3 is 0 Å². The maximum Gasteiger partial charge on any atom is 0.262 e. The summed E-state index contributed by atoms with van der Waals surface area (Å²) in [7, 11) is 1.53. The SMILES string of the molecule is COc1ccc2c(=O)n(CC(C)=O)c(Cl)nc2c1. The monoisotopic (exact) mass is 266 g/mol. The summed E-state index contributed by atoms with van der Waals surface area (Å²) in [5.74, 6) is 0.434. The summed E-state index contributed by atoms with van der Waals surface area (Å²) in [6.45, 7) is 1.31. The third-order valence-corrected chi connectivity index (χ3v) is 2.79. The number of rotatable bonds is 3. The summed E-state index contributed by atoms with van der Waals surface area (Å²) in [5, 5.41) is 0.400. The first-order valence-electron chi connectivity index (χ1n) is 5.26. The summed E-state index contributed by atoms with van der Waals surface area (Å²) in [6.07, 6.45) is 0. The van der Waals surface area contributed by atoms with Crippen LogP contribution in [0.3, 0.4) is 0 Å². The van der Waals surface area contributed by atoms with Crippen LogP contribution in [0.4, 0.5) is 0 Å². The van der Waals surface area contributed by atoms with Crippen molar-refractivity contribution >= 4 is 28.3 Å². The zero-order chi connectivity index (χ0) is 13.3. The van der Waals surface area contributed by atoms with E-state index >= 15 is 0 Å². The van der Waals surface area contributed by atoms with Crippen LogP contribution in [-0.2, 0) is 11.3 Å². The van der Waals surface area contributed by atoms with E-state index in [1.807, 2.05) is 0 Å². The van der Waals surface area contributed by atoms with Gasteiger partial charge in [-0.1, -0.05) is 0 Å². The Balaban J connectivity index is 2.71. The van der Waals surface area contributed by atoms with Crippen molar-refractivity contribution in [1.29, 1.82) is 0 Å². The van der Waals surface area contributed by atoms with Gasteiger partial charge in [0, 0.05) is 6.07 Å². The molecule has 2 aromatic rings. The molecule has 0 saturated carbocycles. The highest BCUT2D eigenvalue weighted by Crippen LogP contribution is 2.18. The Kier molecular flexibility index (Phi) is 3.34. The van der Waals surface area contributed by atoms with Crippen molar-refractivity contribution in [3.8, 4) is 5.75 Å². The number of nitrogens with zero attached hydrogens (tertiary/aromatic N) is 2. The van der Waals surface area contributed by atoms with Gasteiger partial charge in [0.25, 0.3) is 5.56 Å². The number of hydrogen-bond acceptors (Lipinski definition) is 4. The Morgan fingerprint density at radius 1 is 1.50 bits per heavy atom. The summed E-state index contributed by atoms with van der Waals surface area (Å²) in [5.41, 5.74) is 0.118. The van der Waals surface area contributed by atoms with Crippen LogP contribution in [-0.4, -0.2) is 22.4 Å².